The maximum absolute atomic E-state index is 13.8. The van der Waals surface area contributed by atoms with Gasteiger partial charge in [-0.1, -0.05) is 34.6 Å². The molecule has 1 aromatic rings. The highest BCUT2D eigenvalue weighted by molar-refractivity contribution is 5.99. The lowest BCUT2D eigenvalue weighted by atomic mass is 9.85. The number of nitrogens with zero attached hydrogens (tertiary/aromatic N) is 3. The zero-order chi connectivity index (χ0) is 25.5. The molecule has 3 aliphatic heterocycles. The Kier molecular flexibility index (Phi) is 7.25. The molecular weight excluding hydrogens is 444 g/mol. The highest BCUT2D eigenvalue weighted by Crippen LogP contribution is 2.37. The fourth-order valence-electron chi connectivity index (χ4n) is 5.43. The van der Waals surface area contributed by atoms with E-state index in [9.17, 15) is 14.4 Å². The second-order valence-electron chi connectivity index (χ2n) is 11.7. The van der Waals surface area contributed by atoms with Gasteiger partial charge in [0.05, 0.1) is 6.10 Å². The van der Waals surface area contributed by atoms with Crippen molar-refractivity contribution in [2.24, 2.45) is 17.3 Å². The number of carbonyl (C=O) groups is 3. The number of Topliss-reactive ketones (excluding diaryl/α,β-unsaturated/α-hetero) is 1. The number of nitrogens with one attached hydrogen (secondary N) is 1. The van der Waals surface area contributed by atoms with E-state index in [1.54, 1.807) is 4.90 Å². The van der Waals surface area contributed by atoms with Crippen LogP contribution in [0.2, 0.25) is 0 Å². The van der Waals surface area contributed by atoms with E-state index in [0.717, 1.165) is 31.9 Å². The van der Waals surface area contributed by atoms with Crippen molar-refractivity contribution < 1.29 is 19.1 Å². The van der Waals surface area contributed by atoms with Crippen LogP contribution in [0.4, 0.5) is 5.69 Å². The normalized spacial score (nSPS) is 26.3. The second-order valence-corrected chi connectivity index (χ2v) is 11.7. The van der Waals surface area contributed by atoms with Gasteiger partial charge < -0.3 is 24.8 Å². The molecule has 3 heterocycles. The van der Waals surface area contributed by atoms with Gasteiger partial charge in [0.15, 0.2) is 5.78 Å². The van der Waals surface area contributed by atoms with Gasteiger partial charge in [-0.25, -0.2) is 0 Å². The summed E-state index contributed by atoms with van der Waals surface area (Å²) in [6.45, 7) is 14.5. The molecule has 8 nitrogen and oxygen atoms in total. The first-order valence-corrected chi connectivity index (χ1v) is 12.8. The summed E-state index contributed by atoms with van der Waals surface area (Å²) >= 11 is 0. The molecule has 0 radical (unpaired) electrons. The summed E-state index contributed by atoms with van der Waals surface area (Å²) in [4.78, 5) is 45.9. The molecule has 0 aliphatic carbocycles. The molecule has 3 aliphatic rings. The van der Waals surface area contributed by atoms with Crippen molar-refractivity contribution in [3.63, 3.8) is 0 Å². The molecule has 4 rings (SSSR count). The average molecular weight is 485 g/mol. The van der Waals surface area contributed by atoms with Crippen LogP contribution in [0, 0.1) is 17.3 Å². The fourth-order valence-corrected chi connectivity index (χ4v) is 5.43. The summed E-state index contributed by atoms with van der Waals surface area (Å²) in [6.07, 6.45) is -0.259. The first-order valence-electron chi connectivity index (χ1n) is 12.8. The summed E-state index contributed by atoms with van der Waals surface area (Å²) in [5.74, 6) is -0.156. The minimum Gasteiger partial charge on any atom is -0.369 e. The van der Waals surface area contributed by atoms with Crippen LogP contribution in [0.15, 0.2) is 24.3 Å². The number of benzene rings is 1. The lowest BCUT2D eigenvalue weighted by Crippen LogP contribution is -2.57. The van der Waals surface area contributed by atoms with Crippen molar-refractivity contribution >= 4 is 23.3 Å². The number of likely N-dealkylation sites (N-methyl/N-ethyl adjacent to an activating group) is 1. The molecule has 8 heteroatoms. The van der Waals surface area contributed by atoms with Gasteiger partial charge in [-0.05, 0) is 42.6 Å². The van der Waals surface area contributed by atoms with E-state index in [-0.39, 0.29) is 42.1 Å². The number of hydrogen-bond donors (Lipinski definition) is 1. The third-order valence-corrected chi connectivity index (χ3v) is 7.75. The molecule has 2 amide bonds. The lowest BCUT2D eigenvalue weighted by molar-refractivity contribution is -0.140. The molecule has 3 saturated heterocycles. The number of ketones is 1. The molecule has 3 fully saturated rings. The monoisotopic (exact) mass is 484 g/mol. The van der Waals surface area contributed by atoms with Gasteiger partial charge in [0.25, 0.3) is 5.91 Å². The predicted molar refractivity (Wildman–Crippen MR) is 135 cm³/mol. The second kappa shape index (κ2) is 9.90. The Morgan fingerprint density at radius 1 is 1.06 bits per heavy atom. The van der Waals surface area contributed by atoms with E-state index < -0.39 is 17.5 Å². The molecule has 35 heavy (non-hydrogen) atoms. The Balaban J connectivity index is 1.49. The molecule has 192 valence electrons. The Morgan fingerprint density at radius 3 is 2.26 bits per heavy atom. The van der Waals surface area contributed by atoms with Crippen LogP contribution in [0.25, 0.3) is 0 Å². The Morgan fingerprint density at radius 2 is 1.69 bits per heavy atom. The summed E-state index contributed by atoms with van der Waals surface area (Å²) < 4.78 is 5.79. The number of amides is 2. The highest BCUT2D eigenvalue weighted by Gasteiger charge is 2.54. The largest absolute Gasteiger partial charge is 0.369 e. The van der Waals surface area contributed by atoms with Gasteiger partial charge >= 0.3 is 0 Å². The van der Waals surface area contributed by atoms with Crippen LogP contribution >= 0.6 is 0 Å². The van der Waals surface area contributed by atoms with Crippen LogP contribution in [0.1, 0.15) is 45.0 Å². The van der Waals surface area contributed by atoms with Crippen molar-refractivity contribution in [3.8, 4) is 0 Å². The molecular formula is C27H40N4O4. The maximum atomic E-state index is 13.8. The molecule has 4 atom stereocenters. The van der Waals surface area contributed by atoms with Crippen molar-refractivity contribution in [2.45, 2.75) is 52.8 Å². The third kappa shape index (κ3) is 5.23. The van der Waals surface area contributed by atoms with Crippen molar-refractivity contribution in [1.82, 2.24) is 15.1 Å². The smallest absolute Gasteiger partial charge is 0.251 e. The number of rotatable bonds is 5. The van der Waals surface area contributed by atoms with E-state index in [2.05, 4.69) is 36.0 Å². The average Bonchev–Trinajstić information content (AvgIpc) is 3.37. The first kappa shape index (κ1) is 25.6. The van der Waals surface area contributed by atoms with Crippen LogP contribution in [0.3, 0.4) is 0 Å². The topological polar surface area (TPSA) is 82.2 Å². The fraction of sp³-hybridized carbons (Fsp3) is 0.667. The number of likely N-dealkylation sites (tertiary alicyclic amines) is 1. The quantitative estimate of drug-likeness (QED) is 0.689. The Hall–Kier alpha value is -2.45. The minimum absolute atomic E-state index is 0.0501. The number of ether oxygens (including phenoxy) is 1. The van der Waals surface area contributed by atoms with Crippen LogP contribution in [0.5, 0.6) is 0 Å². The molecule has 1 aromatic carbocycles. The van der Waals surface area contributed by atoms with Crippen molar-refractivity contribution in [1.29, 1.82) is 0 Å². The highest BCUT2D eigenvalue weighted by atomic mass is 16.5. The molecule has 0 saturated carbocycles. The summed E-state index contributed by atoms with van der Waals surface area (Å²) in [6, 6.07) is 6.28. The van der Waals surface area contributed by atoms with Crippen LogP contribution in [-0.2, 0) is 14.3 Å². The Labute approximate surface area is 209 Å². The molecule has 0 aromatic heterocycles. The molecule has 1 N–H and O–H groups in total. The van der Waals surface area contributed by atoms with E-state index in [1.807, 2.05) is 45.0 Å². The molecule has 0 spiro atoms. The van der Waals surface area contributed by atoms with Gasteiger partial charge in [-0.15, -0.1) is 0 Å². The van der Waals surface area contributed by atoms with E-state index in [4.69, 9.17) is 4.74 Å². The van der Waals surface area contributed by atoms with Gasteiger partial charge in [-0.2, -0.15) is 0 Å². The molecule has 0 bridgehead atoms. The van der Waals surface area contributed by atoms with Crippen LogP contribution < -0.4 is 10.2 Å². The number of hydrogen-bond acceptors (Lipinski definition) is 6. The summed E-state index contributed by atoms with van der Waals surface area (Å²) in [5, 5.41) is 2.99. The van der Waals surface area contributed by atoms with Crippen molar-refractivity contribution in [3.05, 3.63) is 29.8 Å². The standard InChI is InChI=1S/C27H40N4O4/c1-17(2)20-15-31(22-21(32)16-35-23(20)22)26(34)24(27(3,4)5)28-25(33)18-7-9-19(10-8-18)30-13-11-29(6)12-14-30/h7-10,17,20,22-24H,11-16H2,1-6H3,(H,28,33)/t20-,22-,23-,24?/m1/s1. The maximum Gasteiger partial charge on any atom is 0.251 e. The summed E-state index contributed by atoms with van der Waals surface area (Å²) in [7, 11) is 2.12. The van der Waals surface area contributed by atoms with Gasteiger partial charge in [-0.3, -0.25) is 14.4 Å². The number of anilines is 1. The van der Waals surface area contributed by atoms with E-state index in [1.165, 1.54) is 0 Å². The number of piperazine rings is 1. The van der Waals surface area contributed by atoms with Gasteiger partial charge in [0.1, 0.15) is 18.7 Å². The SMILES string of the molecule is CC(C)[C@H]1CN(C(=O)C(NC(=O)c2ccc(N3CCN(C)CC3)cc2)C(C)(C)C)[C@@H]2C(=O)CO[C@H]12. The van der Waals surface area contributed by atoms with Gasteiger partial charge in [0, 0.05) is 49.9 Å². The minimum atomic E-state index is -0.757. The molecule has 1 unspecified atom stereocenters. The predicted octanol–water partition coefficient (Wildman–Crippen LogP) is 2.03. The van der Waals surface area contributed by atoms with E-state index in [0.29, 0.717) is 12.1 Å². The third-order valence-electron chi connectivity index (χ3n) is 7.75. The first-order chi connectivity index (χ1) is 16.5. The number of fused-ring (bicyclic) bond motifs is 1. The zero-order valence-electron chi connectivity index (χ0n) is 21.9. The summed E-state index contributed by atoms with van der Waals surface area (Å²) in [5.41, 5.74) is 1.09. The number of carbonyl (C=O) groups excluding carboxylic acids is 3. The van der Waals surface area contributed by atoms with Crippen molar-refractivity contribution in [2.75, 3.05) is 51.3 Å². The lowest BCUT2D eigenvalue weighted by Gasteiger charge is -2.35. The zero-order valence-corrected chi connectivity index (χ0v) is 21.9. The van der Waals surface area contributed by atoms with Crippen LogP contribution in [-0.4, -0.2) is 92.0 Å². The van der Waals surface area contributed by atoms with Gasteiger partial charge in [0.2, 0.25) is 5.91 Å². The Bertz CT molecular complexity index is 947. The van der Waals surface area contributed by atoms with E-state index >= 15 is 0 Å².